The quantitative estimate of drug-likeness (QED) is 0.507. The highest BCUT2D eigenvalue weighted by Gasteiger charge is 2.40. The normalized spacial score (nSPS) is 17.0. The second-order valence-electron chi connectivity index (χ2n) is 6.85. The maximum atomic E-state index is 13.4. The number of benzene rings is 3. The zero-order chi connectivity index (χ0) is 20.6. The van der Waals surface area contributed by atoms with Crippen LogP contribution in [0.2, 0.25) is 0 Å². The van der Waals surface area contributed by atoms with Gasteiger partial charge in [0, 0.05) is 6.54 Å². The minimum Gasteiger partial charge on any atom is -0.497 e. The number of sulfonamides is 1. The number of fused-ring (bicyclic) bond motifs is 3. The Labute approximate surface area is 168 Å². The van der Waals surface area contributed by atoms with E-state index in [-0.39, 0.29) is 17.9 Å². The Hall–Kier alpha value is -2.94. The first kappa shape index (κ1) is 19.4. The first-order valence-electron chi connectivity index (χ1n) is 9.05. The third kappa shape index (κ3) is 3.35. The predicted octanol–water partition coefficient (Wildman–Crippen LogP) is 2.47. The van der Waals surface area contributed by atoms with Gasteiger partial charge in [0.15, 0.2) is 0 Å². The summed E-state index contributed by atoms with van der Waals surface area (Å²) in [6, 6.07) is 16.5. The van der Waals surface area contributed by atoms with Crippen molar-refractivity contribution in [2.45, 2.75) is 23.9 Å². The molecular weight excluding hydrogens is 392 g/mol. The van der Waals surface area contributed by atoms with Crippen molar-refractivity contribution >= 4 is 26.7 Å². The van der Waals surface area contributed by atoms with Crippen molar-refractivity contribution in [3.63, 3.8) is 0 Å². The van der Waals surface area contributed by atoms with Crippen molar-refractivity contribution in [2.75, 3.05) is 7.11 Å². The average molecular weight is 412 g/mol. The van der Waals surface area contributed by atoms with Crippen molar-refractivity contribution < 1.29 is 23.2 Å². The van der Waals surface area contributed by atoms with Gasteiger partial charge in [0.25, 0.3) is 5.91 Å². The molecule has 3 aromatic rings. The summed E-state index contributed by atoms with van der Waals surface area (Å²) in [5.74, 6) is -0.232. The van der Waals surface area contributed by atoms with E-state index >= 15 is 0 Å². The molecule has 4 rings (SSSR count). The summed E-state index contributed by atoms with van der Waals surface area (Å²) in [7, 11) is -2.50. The van der Waals surface area contributed by atoms with Crippen LogP contribution in [0.5, 0.6) is 5.75 Å². The van der Waals surface area contributed by atoms with Gasteiger partial charge in [0.05, 0.1) is 12.0 Å². The van der Waals surface area contributed by atoms with Crippen molar-refractivity contribution in [3.8, 4) is 5.75 Å². The molecule has 7 nitrogen and oxygen atoms in total. The number of rotatable bonds is 4. The largest absolute Gasteiger partial charge is 0.497 e. The van der Waals surface area contributed by atoms with Crippen LogP contribution < -0.4 is 10.2 Å². The number of methoxy groups -OCH3 is 1. The molecule has 1 amide bonds. The number of hydroxylamine groups is 1. The van der Waals surface area contributed by atoms with E-state index in [4.69, 9.17) is 4.74 Å². The van der Waals surface area contributed by atoms with Crippen LogP contribution in [0.1, 0.15) is 11.1 Å². The topological polar surface area (TPSA) is 95.9 Å². The molecule has 0 saturated heterocycles. The second-order valence-corrected chi connectivity index (χ2v) is 8.74. The molecule has 1 atom stereocenters. The highest BCUT2D eigenvalue weighted by atomic mass is 32.2. The summed E-state index contributed by atoms with van der Waals surface area (Å²) in [6.07, 6.45) is 0.169. The van der Waals surface area contributed by atoms with Crippen molar-refractivity contribution in [1.29, 1.82) is 0 Å². The molecule has 29 heavy (non-hydrogen) atoms. The SMILES string of the molecule is COc1ccc(S(=O)(=O)N2Cc3c(ccc4ccccc34)C[C@@H]2C(=O)NO)cc1. The molecule has 150 valence electrons. The van der Waals surface area contributed by atoms with Gasteiger partial charge in [-0.3, -0.25) is 10.0 Å². The van der Waals surface area contributed by atoms with Gasteiger partial charge < -0.3 is 4.74 Å². The van der Waals surface area contributed by atoms with Crippen molar-refractivity contribution in [2.24, 2.45) is 0 Å². The van der Waals surface area contributed by atoms with Gasteiger partial charge in [-0.15, -0.1) is 0 Å². The molecule has 1 aliphatic heterocycles. The Bertz CT molecular complexity index is 1180. The third-order valence-corrected chi connectivity index (χ3v) is 7.16. The van der Waals surface area contributed by atoms with E-state index in [9.17, 15) is 18.4 Å². The lowest BCUT2D eigenvalue weighted by Gasteiger charge is -2.35. The molecule has 0 radical (unpaired) electrons. The highest BCUT2D eigenvalue weighted by molar-refractivity contribution is 7.89. The number of hydrogen-bond acceptors (Lipinski definition) is 5. The van der Waals surface area contributed by atoms with E-state index < -0.39 is 22.0 Å². The van der Waals surface area contributed by atoms with Crippen LogP contribution in [0.3, 0.4) is 0 Å². The van der Waals surface area contributed by atoms with Gasteiger partial charge in [0.2, 0.25) is 10.0 Å². The Morgan fingerprint density at radius 2 is 1.83 bits per heavy atom. The fourth-order valence-electron chi connectivity index (χ4n) is 3.77. The molecule has 1 aliphatic rings. The van der Waals surface area contributed by atoms with Crippen LogP contribution in [0.15, 0.2) is 65.6 Å². The number of carbonyl (C=O) groups excluding carboxylic acids is 1. The first-order valence-corrected chi connectivity index (χ1v) is 10.5. The van der Waals surface area contributed by atoms with Gasteiger partial charge in [-0.05, 0) is 52.6 Å². The highest BCUT2D eigenvalue weighted by Crippen LogP contribution is 2.34. The van der Waals surface area contributed by atoms with Crippen LogP contribution in [-0.4, -0.2) is 37.0 Å². The second kappa shape index (κ2) is 7.47. The molecule has 0 spiro atoms. The van der Waals surface area contributed by atoms with Crippen LogP contribution in [0, 0.1) is 0 Å². The molecule has 0 saturated carbocycles. The average Bonchev–Trinajstić information content (AvgIpc) is 2.77. The standard InChI is InChI=1S/C21H20N2O5S/c1-28-16-8-10-17(11-9-16)29(26,27)23-13-19-15(12-20(23)21(24)22-25)7-6-14-4-2-3-5-18(14)19/h2-11,20,25H,12-13H2,1H3,(H,22,24)/t20-/m1/s1. The Kier molecular flexibility index (Phi) is 4.99. The third-order valence-electron chi connectivity index (χ3n) is 5.29. The van der Waals surface area contributed by atoms with Gasteiger partial charge in [0.1, 0.15) is 11.8 Å². The zero-order valence-corrected chi connectivity index (χ0v) is 16.5. The smallest absolute Gasteiger partial charge is 0.262 e. The van der Waals surface area contributed by atoms with Crippen LogP contribution in [0.4, 0.5) is 0 Å². The van der Waals surface area contributed by atoms with Crippen LogP contribution in [0.25, 0.3) is 10.8 Å². The van der Waals surface area contributed by atoms with Gasteiger partial charge >= 0.3 is 0 Å². The van der Waals surface area contributed by atoms with Gasteiger partial charge in [-0.25, -0.2) is 13.9 Å². The van der Waals surface area contributed by atoms with E-state index in [1.807, 2.05) is 36.4 Å². The Morgan fingerprint density at radius 3 is 2.52 bits per heavy atom. The Balaban J connectivity index is 1.83. The van der Waals surface area contributed by atoms with E-state index in [0.717, 1.165) is 26.2 Å². The lowest BCUT2D eigenvalue weighted by molar-refractivity contribution is -0.133. The van der Waals surface area contributed by atoms with Crippen molar-refractivity contribution in [3.05, 3.63) is 71.8 Å². The Morgan fingerprint density at radius 1 is 1.10 bits per heavy atom. The molecule has 0 bridgehead atoms. The molecule has 0 fully saturated rings. The summed E-state index contributed by atoms with van der Waals surface area (Å²) >= 11 is 0. The lowest BCUT2D eigenvalue weighted by Crippen LogP contribution is -2.51. The summed E-state index contributed by atoms with van der Waals surface area (Å²) in [4.78, 5) is 12.4. The molecule has 0 aliphatic carbocycles. The molecular formula is C21H20N2O5S. The monoisotopic (exact) mass is 412 g/mol. The fraction of sp³-hybridized carbons (Fsp3) is 0.190. The molecule has 3 aromatic carbocycles. The van der Waals surface area contributed by atoms with Crippen molar-refractivity contribution in [1.82, 2.24) is 9.79 Å². The van der Waals surface area contributed by atoms with Gasteiger partial charge in [-0.1, -0.05) is 36.4 Å². The summed E-state index contributed by atoms with van der Waals surface area (Å²) in [6.45, 7) is 0.0309. The number of nitrogens with one attached hydrogen (secondary N) is 1. The number of hydrogen-bond donors (Lipinski definition) is 2. The lowest BCUT2D eigenvalue weighted by atomic mass is 9.91. The maximum absolute atomic E-state index is 13.4. The number of nitrogens with zero attached hydrogens (tertiary/aromatic N) is 1. The maximum Gasteiger partial charge on any atom is 0.262 e. The number of amides is 1. The minimum absolute atomic E-state index is 0.0309. The van der Waals surface area contributed by atoms with Crippen LogP contribution >= 0.6 is 0 Å². The van der Waals surface area contributed by atoms with Crippen LogP contribution in [-0.2, 0) is 27.8 Å². The van der Waals surface area contributed by atoms with E-state index in [0.29, 0.717) is 5.75 Å². The van der Waals surface area contributed by atoms with E-state index in [2.05, 4.69) is 0 Å². The number of ether oxygens (including phenoxy) is 1. The number of carbonyl (C=O) groups is 1. The first-order chi connectivity index (χ1) is 14.0. The predicted molar refractivity (Wildman–Crippen MR) is 107 cm³/mol. The summed E-state index contributed by atoms with van der Waals surface area (Å²) < 4.78 is 33.0. The molecule has 1 heterocycles. The van der Waals surface area contributed by atoms with E-state index in [1.165, 1.54) is 19.2 Å². The fourth-order valence-corrected chi connectivity index (χ4v) is 5.32. The molecule has 2 N–H and O–H groups in total. The molecule has 8 heteroatoms. The minimum atomic E-state index is -4.00. The molecule has 0 aromatic heterocycles. The summed E-state index contributed by atoms with van der Waals surface area (Å²) in [5, 5.41) is 11.1. The summed E-state index contributed by atoms with van der Waals surface area (Å²) in [5.41, 5.74) is 3.36. The zero-order valence-electron chi connectivity index (χ0n) is 15.7. The van der Waals surface area contributed by atoms with Gasteiger partial charge in [-0.2, -0.15) is 4.31 Å². The van der Waals surface area contributed by atoms with E-state index in [1.54, 1.807) is 17.6 Å². The molecule has 0 unspecified atom stereocenters.